The summed E-state index contributed by atoms with van der Waals surface area (Å²) in [5.74, 6) is 0. The molecule has 0 aromatic carbocycles. The van der Waals surface area contributed by atoms with Crippen LogP contribution in [0.5, 0.6) is 0 Å². The number of halogens is 2. The van der Waals surface area contributed by atoms with Crippen molar-refractivity contribution in [1.82, 2.24) is 0 Å². The zero-order valence-electron chi connectivity index (χ0n) is 6.38. The van der Waals surface area contributed by atoms with Gasteiger partial charge in [0, 0.05) is 6.04 Å². The lowest BCUT2D eigenvalue weighted by Gasteiger charge is -2.04. The highest BCUT2D eigenvalue weighted by Crippen LogP contribution is 1.95. The van der Waals surface area contributed by atoms with Crippen molar-refractivity contribution in [2.45, 2.75) is 32.2 Å². The van der Waals surface area contributed by atoms with Gasteiger partial charge in [0.25, 0.3) is 0 Å². The van der Waals surface area contributed by atoms with E-state index in [1.165, 1.54) is 0 Å². The van der Waals surface area contributed by atoms with Crippen LogP contribution in [0.15, 0.2) is 0 Å². The highest BCUT2D eigenvalue weighted by atomic mass is 35.5. The molecule has 0 spiro atoms. The van der Waals surface area contributed by atoms with Crippen LogP contribution in [0.1, 0.15) is 26.2 Å². The summed E-state index contributed by atoms with van der Waals surface area (Å²) in [4.78, 5) is 0. The van der Waals surface area contributed by atoms with E-state index in [1.54, 1.807) is 0 Å². The lowest BCUT2D eigenvalue weighted by molar-refractivity contribution is 0.573. The topological polar surface area (TPSA) is 52.0 Å². The molecule has 0 aliphatic carbocycles. The summed E-state index contributed by atoms with van der Waals surface area (Å²) in [7, 11) is 0. The minimum absolute atomic E-state index is 0. The fourth-order valence-electron chi connectivity index (χ4n) is 0.584. The Morgan fingerprint density at radius 3 is 2.10 bits per heavy atom. The Balaban J connectivity index is -0.000000245. The predicted octanol–water partition coefficient (Wildman–Crippen LogP) is 1.31. The van der Waals surface area contributed by atoms with Gasteiger partial charge in [0.05, 0.1) is 0 Å². The molecule has 4 N–H and O–H groups in total. The monoisotopic (exact) mass is 188 g/mol. The maximum atomic E-state index is 5.60. The second kappa shape index (κ2) is 12.2. The van der Waals surface area contributed by atoms with E-state index < -0.39 is 0 Å². The highest BCUT2D eigenvalue weighted by molar-refractivity contribution is 5.85. The molecule has 0 rings (SSSR count). The second-order valence-electron chi connectivity index (χ2n) is 2.10. The summed E-state index contributed by atoms with van der Waals surface area (Å²) in [6.07, 6.45) is 3.21. The normalized spacial score (nSPS) is 11.1. The summed E-state index contributed by atoms with van der Waals surface area (Å²) in [5, 5.41) is 0. The molecule has 0 fully saturated rings. The third-order valence-electron chi connectivity index (χ3n) is 1.30. The molecule has 1 atom stereocenters. The number of hydrogen-bond donors (Lipinski definition) is 2. The lowest BCUT2D eigenvalue weighted by Crippen LogP contribution is -2.19. The number of nitrogens with two attached hydrogens (primary N) is 2. The van der Waals surface area contributed by atoms with Crippen molar-refractivity contribution in [3.63, 3.8) is 0 Å². The minimum Gasteiger partial charge on any atom is -0.330 e. The Kier molecular flexibility index (Phi) is 20.6. The molecule has 0 aliphatic rings. The number of hydrogen-bond acceptors (Lipinski definition) is 2. The molecule has 0 radical (unpaired) electrons. The molecule has 2 nitrogen and oxygen atoms in total. The van der Waals surface area contributed by atoms with E-state index in [9.17, 15) is 0 Å². The predicted molar refractivity (Wildman–Crippen MR) is 51.1 cm³/mol. The first-order valence-corrected chi connectivity index (χ1v) is 3.27. The molecule has 0 aromatic rings. The second-order valence-corrected chi connectivity index (χ2v) is 2.10. The molecular formula is C6H18Cl2N2. The Morgan fingerprint density at radius 2 is 1.80 bits per heavy atom. The molecule has 0 bridgehead atoms. The van der Waals surface area contributed by atoms with E-state index in [0.29, 0.717) is 6.04 Å². The van der Waals surface area contributed by atoms with Crippen LogP contribution in [0, 0.1) is 0 Å². The third kappa shape index (κ3) is 11.3. The van der Waals surface area contributed by atoms with Crippen LogP contribution in [0.25, 0.3) is 0 Å². The Bertz CT molecular complexity index is 53.0. The maximum Gasteiger partial charge on any atom is 0.00366 e. The lowest BCUT2D eigenvalue weighted by atomic mass is 10.1. The Labute approximate surface area is 75.5 Å². The van der Waals surface area contributed by atoms with Gasteiger partial charge in [0.1, 0.15) is 0 Å². The summed E-state index contributed by atoms with van der Waals surface area (Å²) < 4.78 is 0. The van der Waals surface area contributed by atoms with Crippen LogP contribution < -0.4 is 11.5 Å². The molecule has 0 aromatic heterocycles. The standard InChI is InChI=1S/C6H16N2.2ClH/c1-2-6(8)4-3-5-7;;/h6H,2-5,7-8H2,1H3;2*1H. The van der Waals surface area contributed by atoms with Gasteiger partial charge in [-0.3, -0.25) is 0 Å². The molecule has 0 saturated carbocycles. The van der Waals surface area contributed by atoms with E-state index in [1.807, 2.05) is 0 Å². The molecule has 1 unspecified atom stereocenters. The van der Waals surface area contributed by atoms with E-state index in [0.717, 1.165) is 25.8 Å². The van der Waals surface area contributed by atoms with Crippen molar-refractivity contribution in [2.24, 2.45) is 11.5 Å². The first-order valence-electron chi connectivity index (χ1n) is 3.27. The van der Waals surface area contributed by atoms with Crippen LogP contribution in [0.2, 0.25) is 0 Å². The SMILES string of the molecule is CCC(N)CCCN.Cl.Cl. The Morgan fingerprint density at radius 1 is 1.30 bits per heavy atom. The van der Waals surface area contributed by atoms with Crippen LogP contribution in [-0.4, -0.2) is 12.6 Å². The highest BCUT2D eigenvalue weighted by Gasteiger charge is 1.94. The van der Waals surface area contributed by atoms with Gasteiger partial charge < -0.3 is 11.5 Å². The van der Waals surface area contributed by atoms with Crippen LogP contribution >= 0.6 is 24.8 Å². The molecule has 0 saturated heterocycles. The molecule has 0 heterocycles. The van der Waals surface area contributed by atoms with Gasteiger partial charge in [-0.25, -0.2) is 0 Å². The average Bonchev–Trinajstić information content (AvgIpc) is 1.83. The molecule has 0 aliphatic heterocycles. The fraction of sp³-hybridized carbons (Fsp3) is 1.00. The van der Waals surface area contributed by atoms with Crippen molar-refractivity contribution in [1.29, 1.82) is 0 Å². The summed E-state index contributed by atoms with van der Waals surface area (Å²) >= 11 is 0. The van der Waals surface area contributed by atoms with E-state index in [2.05, 4.69) is 6.92 Å². The van der Waals surface area contributed by atoms with Gasteiger partial charge >= 0.3 is 0 Å². The maximum absolute atomic E-state index is 5.60. The van der Waals surface area contributed by atoms with Crippen molar-refractivity contribution in [2.75, 3.05) is 6.54 Å². The van der Waals surface area contributed by atoms with Crippen molar-refractivity contribution in [3.8, 4) is 0 Å². The van der Waals surface area contributed by atoms with E-state index in [4.69, 9.17) is 11.5 Å². The van der Waals surface area contributed by atoms with Gasteiger partial charge in [0.15, 0.2) is 0 Å². The van der Waals surface area contributed by atoms with Crippen LogP contribution in [0.3, 0.4) is 0 Å². The van der Waals surface area contributed by atoms with Gasteiger partial charge in [-0.1, -0.05) is 6.92 Å². The number of rotatable bonds is 4. The van der Waals surface area contributed by atoms with Crippen molar-refractivity contribution < 1.29 is 0 Å². The zero-order chi connectivity index (χ0) is 6.41. The third-order valence-corrected chi connectivity index (χ3v) is 1.30. The zero-order valence-corrected chi connectivity index (χ0v) is 8.01. The first kappa shape index (κ1) is 16.8. The van der Waals surface area contributed by atoms with Gasteiger partial charge in [0.2, 0.25) is 0 Å². The molecular weight excluding hydrogens is 171 g/mol. The largest absolute Gasteiger partial charge is 0.330 e. The van der Waals surface area contributed by atoms with Gasteiger partial charge in [-0.05, 0) is 25.8 Å². The van der Waals surface area contributed by atoms with E-state index >= 15 is 0 Å². The van der Waals surface area contributed by atoms with Crippen molar-refractivity contribution >= 4 is 24.8 Å². The average molecular weight is 189 g/mol. The molecule has 10 heavy (non-hydrogen) atoms. The molecule has 4 heteroatoms. The van der Waals surface area contributed by atoms with E-state index in [-0.39, 0.29) is 24.8 Å². The Hall–Kier alpha value is 0.500. The quantitative estimate of drug-likeness (QED) is 0.700. The minimum atomic E-state index is 0. The van der Waals surface area contributed by atoms with Gasteiger partial charge in [-0.15, -0.1) is 24.8 Å². The first-order chi connectivity index (χ1) is 3.81. The molecule has 66 valence electrons. The van der Waals surface area contributed by atoms with Gasteiger partial charge in [-0.2, -0.15) is 0 Å². The molecule has 0 amide bonds. The summed E-state index contributed by atoms with van der Waals surface area (Å²) in [6, 6.07) is 0.374. The van der Waals surface area contributed by atoms with Crippen molar-refractivity contribution in [3.05, 3.63) is 0 Å². The smallest absolute Gasteiger partial charge is 0.00366 e. The summed E-state index contributed by atoms with van der Waals surface area (Å²) in [6.45, 7) is 2.87. The van der Waals surface area contributed by atoms with Crippen LogP contribution in [0.4, 0.5) is 0 Å². The fourth-order valence-corrected chi connectivity index (χ4v) is 0.584. The van der Waals surface area contributed by atoms with Crippen LogP contribution in [-0.2, 0) is 0 Å². The summed E-state index contributed by atoms with van der Waals surface area (Å²) in [5.41, 5.74) is 10.9.